The molecular formula is C26H33N3O4S. The summed E-state index contributed by atoms with van der Waals surface area (Å²) in [5.74, 6) is 1.06. The van der Waals surface area contributed by atoms with E-state index in [4.69, 9.17) is 26.4 Å². The third kappa shape index (κ3) is 8.02. The Hall–Kier alpha value is -3.13. The van der Waals surface area contributed by atoms with E-state index in [-0.39, 0.29) is 0 Å². The first-order valence-corrected chi connectivity index (χ1v) is 12.3. The van der Waals surface area contributed by atoms with Crippen molar-refractivity contribution >= 4 is 29.5 Å². The summed E-state index contributed by atoms with van der Waals surface area (Å²) in [5, 5.41) is 8.05. The van der Waals surface area contributed by atoms with Gasteiger partial charge >= 0.3 is 5.97 Å². The number of esters is 1. The second-order valence-corrected chi connectivity index (χ2v) is 8.49. The van der Waals surface area contributed by atoms with Gasteiger partial charge in [0.1, 0.15) is 5.75 Å². The van der Waals surface area contributed by atoms with Crippen molar-refractivity contribution in [2.45, 2.75) is 58.4 Å². The van der Waals surface area contributed by atoms with E-state index in [1.165, 1.54) is 19.3 Å². The minimum Gasteiger partial charge on any atom is -0.494 e. The summed E-state index contributed by atoms with van der Waals surface area (Å²) in [6.07, 6.45) is 8.62. The largest absolute Gasteiger partial charge is 0.494 e. The van der Waals surface area contributed by atoms with Crippen LogP contribution < -0.4 is 25.0 Å². The van der Waals surface area contributed by atoms with Gasteiger partial charge in [0.05, 0.1) is 25.0 Å². The molecule has 2 aromatic carbocycles. The number of ether oxygens (including phenoxy) is 3. The predicted octanol–water partition coefficient (Wildman–Crippen LogP) is 5.22. The number of benzene rings is 2. The minimum atomic E-state index is -0.467. The van der Waals surface area contributed by atoms with Gasteiger partial charge in [-0.2, -0.15) is 5.10 Å². The Kier molecular flexibility index (Phi) is 10.2. The lowest BCUT2D eigenvalue weighted by molar-refractivity contribution is 0.0728. The number of hydrogen-bond donors (Lipinski definition) is 2. The molecule has 0 atom stereocenters. The van der Waals surface area contributed by atoms with Gasteiger partial charge in [0, 0.05) is 6.04 Å². The summed E-state index contributed by atoms with van der Waals surface area (Å²) in [7, 11) is 0. The van der Waals surface area contributed by atoms with Crippen molar-refractivity contribution in [1.82, 2.24) is 10.7 Å². The highest BCUT2D eigenvalue weighted by Crippen LogP contribution is 2.29. The molecule has 0 spiro atoms. The highest BCUT2D eigenvalue weighted by Gasteiger charge is 2.15. The van der Waals surface area contributed by atoms with Crippen molar-refractivity contribution in [1.29, 1.82) is 0 Å². The highest BCUT2D eigenvalue weighted by molar-refractivity contribution is 7.80. The fraction of sp³-hybridized carbons (Fsp3) is 0.423. The lowest BCUT2D eigenvalue weighted by Crippen LogP contribution is -2.40. The van der Waals surface area contributed by atoms with E-state index < -0.39 is 5.97 Å². The molecular weight excluding hydrogens is 450 g/mol. The van der Waals surface area contributed by atoms with Crippen molar-refractivity contribution < 1.29 is 19.0 Å². The summed E-state index contributed by atoms with van der Waals surface area (Å²) >= 11 is 5.34. The van der Waals surface area contributed by atoms with Crippen LogP contribution in [-0.2, 0) is 0 Å². The van der Waals surface area contributed by atoms with Gasteiger partial charge < -0.3 is 19.5 Å². The lowest BCUT2D eigenvalue weighted by atomic mass is 9.96. The third-order valence-electron chi connectivity index (χ3n) is 5.35. The van der Waals surface area contributed by atoms with Gasteiger partial charge in [0.15, 0.2) is 16.6 Å². The standard InChI is InChI=1S/C26H33N3O4S/c1-3-16-32-22-13-11-20(12-14-22)25(30)33-23-15-10-19(17-24(23)31-4-2)18-27-29-26(34)28-21-8-6-5-7-9-21/h10-15,17-18,21H,3-9,16H2,1-2H3,(H2,28,29,34). The van der Waals surface area contributed by atoms with Crippen LogP contribution in [-0.4, -0.2) is 36.6 Å². The van der Waals surface area contributed by atoms with Crippen molar-refractivity contribution in [3.63, 3.8) is 0 Å². The maximum Gasteiger partial charge on any atom is 0.343 e. The quantitative estimate of drug-likeness (QED) is 0.158. The van der Waals surface area contributed by atoms with Crippen LogP contribution in [0.2, 0.25) is 0 Å². The monoisotopic (exact) mass is 483 g/mol. The third-order valence-corrected chi connectivity index (χ3v) is 5.56. The molecule has 1 fully saturated rings. The van der Waals surface area contributed by atoms with E-state index in [0.717, 1.165) is 30.6 Å². The number of hydrazone groups is 1. The number of thiocarbonyl (C=S) groups is 1. The van der Waals surface area contributed by atoms with Gasteiger partial charge in [-0.05, 0) is 86.4 Å². The Morgan fingerprint density at radius 2 is 1.82 bits per heavy atom. The molecule has 0 aromatic heterocycles. The molecule has 1 saturated carbocycles. The fourth-order valence-electron chi connectivity index (χ4n) is 3.65. The van der Waals surface area contributed by atoms with Gasteiger partial charge in [-0.1, -0.05) is 26.2 Å². The number of hydrogen-bond acceptors (Lipinski definition) is 6. The molecule has 0 aliphatic heterocycles. The second-order valence-electron chi connectivity index (χ2n) is 8.08. The maximum absolute atomic E-state index is 12.6. The van der Waals surface area contributed by atoms with Gasteiger partial charge in [-0.15, -0.1) is 0 Å². The summed E-state index contributed by atoms with van der Waals surface area (Å²) in [6, 6.07) is 12.6. The van der Waals surface area contributed by atoms with Crippen LogP contribution in [0.5, 0.6) is 17.2 Å². The average molecular weight is 484 g/mol. The molecule has 1 aliphatic rings. The Labute approximate surface area is 206 Å². The molecule has 8 heteroatoms. The SMILES string of the molecule is CCCOc1ccc(C(=O)Oc2ccc(C=NNC(=S)NC3CCCCC3)cc2OCC)cc1. The molecule has 1 aliphatic carbocycles. The molecule has 0 radical (unpaired) electrons. The Balaban J connectivity index is 1.59. The van der Waals surface area contributed by atoms with Gasteiger partial charge in [-0.25, -0.2) is 4.79 Å². The number of nitrogens with zero attached hydrogens (tertiary/aromatic N) is 1. The molecule has 0 unspecified atom stereocenters. The van der Waals surface area contributed by atoms with Crippen LogP contribution in [0.3, 0.4) is 0 Å². The van der Waals surface area contributed by atoms with Crippen LogP contribution in [0.15, 0.2) is 47.6 Å². The van der Waals surface area contributed by atoms with Crippen LogP contribution in [0, 0.1) is 0 Å². The van der Waals surface area contributed by atoms with Gasteiger partial charge in [0.25, 0.3) is 0 Å². The molecule has 182 valence electrons. The number of rotatable bonds is 10. The molecule has 2 aromatic rings. The summed E-state index contributed by atoms with van der Waals surface area (Å²) < 4.78 is 16.8. The van der Waals surface area contributed by atoms with Crippen molar-refractivity contribution in [2.75, 3.05) is 13.2 Å². The first kappa shape index (κ1) is 25.5. The second kappa shape index (κ2) is 13.5. The topological polar surface area (TPSA) is 81.2 Å². The van der Waals surface area contributed by atoms with E-state index in [9.17, 15) is 4.79 Å². The molecule has 2 N–H and O–H groups in total. The normalized spacial score (nSPS) is 13.9. The Morgan fingerprint density at radius 1 is 1.06 bits per heavy atom. The maximum atomic E-state index is 12.6. The highest BCUT2D eigenvalue weighted by atomic mass is 32.1. The summed E-state index contributed by atoms with van der Waals surface area (Å²) in [4.78, 5) is 12.6. The summed E-state index contributed by atoms with van der Waals surface area (Å²) in [6.45, 7) is 4.98. The van der Waals surface area contributed by atoms with Crippen molar-refractivity contribution in [2.24, 2.45) is 5.10 Å². The minimum absolute atomic E-state index is 0.345. The van der Waals surface area contributed by atoms with E-state index in [2.05, 4.69) is 15.8 Å². The molecule has 34 heavy (non-hydrogen) atoms. The predicted molar refractivity (Wildman–Crippen MR) is 138 cm³/mol. The smallest absolute Gasteiger partial charge is 0.343 e. The number of nitrogens with one attached hydrogen (secondary N) is 2. The molecule has 0 amide bonds. The summed E-state index contributed by atoms with van der Waals surface area (Å²) in [5.41, 5.74) is 4.09. The molecule has 0 saturated heterocycles. The van der Waals surface area contributed by atoms with Crippen molar-refractivity contribution in [3.05, 3.63) is 53.6 Å². The van der Waals surface area contributed by atoms with Crippen LogP contribution in [0.1, 0.15) is 68.3 Å². The van der Waals surface area contributed by atoms with Crippen LogP contribution in [0.4, 0.5) is 0 Å². The first-order valence-electron chi connectivity index (χ1n) is 11.9. The molecule has 7 nitrogen and oxygen atoms in total. The first-order chi connectivity index (χ1) is 16.6. The van der Waals surface area contributed by atoms with Crippen LogP contribution >= 0.6 is 12.2 Å². The van der Waals surface area contributed by atoms with Gasteiger partial charge in [0.2, 0.25) is 0 Å². The lowest BCUT2D eigenvalue weighted by Gasteiger charge is -2.23. The number of carbonyl (C=O) groups is 1. The molecule has 3 rings (SSSR count). The van der Waals surface area contributed by atoms with E-state index >= 15 is 0 Å². The molecule has 0 bridgehead atoms. The zero-order valence-electron chi connectivity index (χ0n) is 19.8. The fourth-order valence-corrected chi connectivity index (χ4v) is 3.87. The van der Waals surface area contributed by atoms with E-state index in [0.29, 0.717) is 41.4 Å². The Morgan fingerprint density at radius 3 is 2.53 bits per heavy atom. The van der Waals surface area contributed by atoms with Crippen LogP contribution in [0.25, 0.3) is 0 Å². The average Bonchev–Trinajstić information content (AvgIpc) is 2.85. The zero-order valence-corrected chi connectivity index (χ0v) is 20.7. The Bertz CT molecular complexity index is 973. The number of carbonyl (C=O) groups excluding carboxylic acids is 1. The molecule has 0 heterocycles. The van der Waals surface area contributed by atoms with Gasteiger partial charge in [-0.3, -0.25) is 5.43 Å². The van der Waals surface area contributed by atoms with E-state index in [1.807, 2.05) is 13.8 Å². The van der Waals surface area contributed by atoms with Crippen molar-refractivity contribution in [3.8, 4) is 17.2 Å². The zero-order chi connectivity index (χ0) is 24.2. The van der Waals surface area contributed by atoms with E-state index in [1.54, 1.807) is 48.7 Å².